The van der Waals surface area contributed by atoms with Crippen molar-refractivity contribution in [1.29, 1.82) is 10.5 Å². The summed E-state index contributed by atoms with van der Waals surface area (Å²) in [7, 11) is 0. The first-order valence-corrected chi connectivity index (χ1v) is 12.0. The van der Waals surface area contributed by atoms with E-state index in [0.717, 1.165) is 57.7 Å². The summed E-state index contributed by atoms with van der Waals surface area (Å²) in [5.41, 5.74) is 3.33. The summed E-state index contributed by atoms with van der Waals surface area (Å²) < 4.78 is 3.13. The zero-order chi connectivity index (χ0) is 23.1. The van der Waals surface area contributed by atoms with Gasteiger partial charge in [-0.25, -0.2) is 15.0 Å². The molecular formula is C25H20N8S. The van der Waals surface area contributed by atoms with Gasteiger partial charge in [0, 0.05) is 54.2 Å². The number of nitrogens with one attached hydrogen (secondary N) is 1. The van der Waals surface area contributed by atoms with Gasteiger partial charge in [0.05, 0.1) is 28.9 Å². The second-order valence-electron chi connectivity index (χ2n) is 8.51. The highest BCUT2D eigenvalue weighted by atomic mass is 32.1. The van der Waals surface area contributed by atoms with E-state index in [1.165, 1.54) is 0 Å². The van der Waals surface area contributed by atoms with Crippen molar-refractivity contribution < 1.29 is 0 Å². The molecule has 0 saturated carbocycles. The van der Waals surface area contributed by atoms with Crippen LogP contribution in [0.25, 0.3) is 32.4 Å². The highest BCUT2D eigenvalue weighted by Crippen LogP contribution is 2.37. The molecule has 0 amide bonds. The third-order valence-corrected chi connectivity index (χ3v) is 7.63. The molecule has 1 aliphatic rings. The molecule has 9 heteroatoms. The van der Waals surface area contributed by atoms with Crippen LogP contribution >= 0.6 is 11.3 Å². The Morgan fingerprint density at radius 1 is 1.21 bits per heavy atom. The van der Waals surface area contributed by atoms with E-state index in [9.17, 15) is 10.5 Å². The van der Waals surface area contributed by atoms with Crippen molar-refractivity contribution >= 4 is 38.3 Å². The number of thiophene rings is 1. The van der Waals surface area contributed by atoms with E-state index in [2.05, 4.69) is 47.7 Å². The lowest BCUT2D eigenvalue weighted by Crippen LogP contribution is -2.25. The highest BCUT2D eigenvalue weighted by Gasteiger charge is 2.32. The van der Waals surface area contributed by atoms with E-state index in [0.29, 0.717) is 12.0 Å². The van der Waals surface area contributed by atoms with Crippen molar-refractivity contribution in [3.8, 4) is 23.4 Å². The van der Waals surface area contributed by atoms with Gasteiger partial charge in [-0.15, -0.1) is 11.3 Å². The third-order valence-electron chi connectivity index (χ3n) is 6.68. The maximum absolute atomic E-state index is 9.83. The molecule has 6 heterocycles. The molecule has 8 nitrogen and oxygen atoms in total. The first-order chi connectivity index (χ1) is 16.8. The second-order valence-corrected chi connectivity index (χ2v) is 9.42. The van der Waals surface area contributed by atoms with Gasteiger partial charge in [-0.05, 0) is 35.9 Å². The molecule has 5 aromatic heterocycles. The van der Waals surface area contributed by atoms with Crippen LogP contribution in [0.4, 0.5) is 5.82 Å². The second kappa shape index (κ2) is 8.29. The van der Waals surface area contributed by atoms with Crippen molar-refractivity contribution in [3.05, 3.63) is 60.3 Å². The number of nitriles is 2. The summed E-state index contributed by atoms with van der Waals surface area (Å²) in [6.07, 6.45) is 10.7. The Bertz CT molecular complexity index is 1580. The predicted octanol–water partition coefficient (Wildman–Crippen LogP) is 4.89. The van der Waals surface area contributed by atoms with E-state index in [1.807, 2.05) is 42.2 Å². The zero-order valence-corrected chi connectivity index (χ0v) is 19.0. The molecule has 0 radical (unpaired) electrons. The molecular weight excluding hydrogens is 444 g/mol. The lowest BCUT2D eigenvalue weighted by molar-refractivity contribution is 0.360. The van der Waals surface area contributed by atoms with Crippen molar-refractivity contribution in [3.63, 3.8) is 0 Å². The quantitative estimate of drug-likeness (QED) is 0.397. The Labute approximate surface area is 199 Å². The number of pyridine rings is 1. The highest BCUT2D eigenvalue weighted by molar-refractivity contribution is 7.17. The number of fused-ring (bicyclic) bond motifs is 2. The van der Waals surface area contributed by atoms with Crippen LogP contribution in [-0.2, 0) is 0 Å². The van der Waals surface area contributed by atoms with Crippen molar-refractivity contribution in [1.82, 2.24) is 24.5 Å². The number of hydrogen-bond acceptors (Lipinski definition) is 7. The lowest BCUT2D eigenvalue weighted by Gasteiger charge is -2.24. The first-order valence-electron chi connectivity index (χ1n) is 11.1. The third kappa shape index (κ3) is 3.30. The molecule has 2 atom stereocenters. The Balaban J connectivity index is 1.29. The maximum atomic E-state index is 9.83. The molecule has 2 unspecified atom stereocenters. The molecule has 166 valence electrons. The average Bonchev–Trinajstić information content (AvgIpc) is 3.67. The number of anilines is 1. The Kier molecular flexibility index (Phi) is 4.97. The molecule has 1 fully saturated rings. The molecule has 0 aliphatic carbocycles. The van der Waals surface area contributed by atoms with Gasteiger partial charge >= 0.3 is 0 Å². The van der Waals surface area contributed by atoms with Crippen molar-refractivity contribution in [2.24, 2.45) is 5.92 Å². The number of hydrogen-bond donors (Lipinski definition) is 1. The van der Waals surface area contributed by atoms with E-state index in [1.54, 1.807) is 17.7 Å². The van der Waals surface area contributed by atoms with Gasteiger partial charge in [0.25, 0.3) is 0 Å². The van der Waals surface area contributed by atoms with Gasteiger partial charge in [0.15, 0.2) is 0 Å². The van der Waals surface area contributed by atoms with Crippen LogP contribution in [0.3, 0.4) is 0 Å². The normalized spacial score (nSPS) is 16.6. The standard InChI is InChI=1S/C25H20N8S/c26-6-1-21(32-8-4-18(14-32)22-19-2-7-28-24(19)31-15-30-22)17-3-9-33(13-17)25-20(11-27)23-16(12-29-25)5-10-34-23/h2,4-5,7-8,10,12,14-15,17,21H,1,3,9,13H2,(H,28,30,31). The Morgan fingerprint density at radius 3 is 3.03 bits per heavy atom. The lowest BCUT2D eigenvalue weighted by atomic mass is 9.96. The van der Waals surface area contributed by atoms with Crippen LogP contribution in [0.5, 0.6) is 0 Å². The summed E-state index contributed by atoms with van der Waals surface area (Å²) in [4.78, 5) is 18.7. The minimum Gasteiger partial charge on any atom is -0.355 e. The summed E-state index contributed by atoms with van der Waals surface area (Å²) in [6, 6.07) is 10.8. The predicted molar refractivity (Wildman–Crippen MR) is 131 cm³/mol. The van der Waals surface area contributed by atoms with Gasteiger partial charge in [0.1, 0.15) is 29.4 Å². The number of aromatic nitrogens is 5. The number of aromatic amines is 1. The Morgan fingerprint density at radius 2 is 2.15 bits per heavy atom. The summed E-state index contributed by atoms with van der Waals surface area (Å²) in [5.74, 6) is 1.02. The van der Waals surface area contributed by atoms with Crippen LogP contribution in [-0.4, -0.2) is 37.6 Å². The fourth-order valence-electron chi connectivity index (χ4n) is 5.03. The Hall–Kier alpha value is -4.21. The summed E-state index contributed by atoms with van der Waals surface area (Å²) in [5, 5.41) is 23.4. The van der Waals surface area contributed by atoms with Crippen LogP contribution in [0.15, 0.2) is 54.7 Å². The van der Waals surface area contributed by atoms with Gasteiger partial charge in [-0.1, -0.05) is 0 Å². The fraction of sp³-hybridized carbons (Fsp3) is 0.240. The van der Waals surface area contributed by atoms with E-state index in [4.69, 9.17) is 0 Å². The molecule has 0 spiro atoms. The largest absolute Gasteiger partial charge is 0.355 e. The summed E-state index contributed by atoms with van der Waals surface area (Å²) in [6.45, 7) is 1.57. The van der Waals surface area contributed by atoms with Gasteiger partial charge in [-0.2, -0.15) is 10.5 Å². The molecule has 5 aromatic rings. The molecule has 1 aliphatic heterocycles. The molecule has 6 rings (SSSR count). The van der Waals surface area contributed by atoms with Crippen molar-refractivity contribution in [2.45, 2.75) is 18.9 Å². The first kappa shape index (κ1) is 20.4. The van der Waals surface area contributed by atoms with Crippen LogP contribution in [0.2, 0.25) is 0 Å². The van der Waals surface area contributed by atoms with Crippen LogP contribution < -0.4 is 4.90 Å². The molecule has 1 N–H and O–H groups in total. The summed E-state index contributed by atoms with van der Waals surface area (Å²) >= 11 is 1.58. The molecule has 34 heavy (non-hydrogen) atoms. The van der Waals surface area contributed by atoms with Crippen LogP contribution in [0, 0.1) is 28.6 Å². The van der Waals surface area contributed by atoms with E-state index in [-0.39, 0.29) is 12.0 Å². The minimum absolute atomic E-state index is 0.0308. The fourth-order valence-corrected chi connectivity index (χ4v) is 5.89. The smallest absolute Gasteiger partial charge is 0.147 e. The van der Waals surface area contributed by atoms with Crippen LogP contribution in [0.1, 0.15) is 24.4 Å². The van der Waals surface area contributed by atoms with Gasteiger partial charge in [0.2, 0.25) is 0 Å². The SMILES string of the molecule is N#CCC(C1CCN(c2ncc3ccsc3c2C#N)C1)n1ccc(-c2ncnc3[nH]ccc23)c1. The topological polar surface area (TPSA) is 110 Å². The number of rotatable bonds is 5. The number of nitrogens with zero attached hydrogens (tertiary/aromatic N) is 7. The minimum atomic E-state index is 0.0308. The van der Waals surface area contributed by atoms with Crippen molar-refractivity contribution in [2.75, 3.05) is 18.0 Å². The molecule has 0 bridgehead atoms. The molecule has 1 saturated heterocycles. The average molecular weight is 465 g/mol. The van der Waals surface area contributed by atoms with E-state index < -0.39 is 0 Å². The van der Waals surface area contributed by atoms with Gasteiger partial charge < -0.3 is 14.5 Å². The van der Waals surface area contributed by atoms with E-state index >= 15 is 0 Å². The maximum Gasteiger partial charge on any atom is 0.147 e. The number of H-pyrrole nitrogens is 1. The van der Waals surface area contributed by atoms with Gasteiger partial charge in [-0.3, -0.25) is 0 Å². The zero-order valence-electron chi connectivity index (χ0n) is 18.2. The monoisotopic (exact) mass is 464 g/mol. The molecule has 0 aromatic carbocycles.